The zero-order valence-electron chi connectivity index (χ0n) is 16.6. The molecule has 2 aromatic carbocycles. The van der Waals surface area contributed by atoms with E-state index in [1.54, 1.807) is 4.68 Å². The molecule has 1 aliphatic rings. The van der Waals surface area contributed by atoms with E-state index in [0.717, 1.165) is 42.3 Å². The number of likely N-dealkylation sites (tertiary alicyclic amines) is 1. The highest BCUT2D eigenvalue weighted by atomic mass is 16.5. The molecule has 29 heavy (non-hydrogen) atoms. The second-order valence-electron chi connectivity index (χ2n) is 7.09. The Bertz CT molecular complexity index is 960. The highest BCUT2D eigenvalue weighted by Crippen LogP contribution is 2.23. The quantitative estimate of drug-likeness (QED) is 0.576. The Morgan fingerprint density at radius 3 is 2.48 bits per heavy atom. The van der Waals surface area contributed by atoms with Gasteiger partial charge >= 0.3 is 5.97 Å². The molecular weight excluding hydrogens is 368 g/mol. The zero-order chi connectivity index (χ0) is 20.2. The summed E-state index contributed by atoms with van der Waals surface area (Å²) in [6.07, 6.45) is 1.92. The number of hydrogen-bond acceptors (Lipinski definition) is 6. The van der Waals surface area contributed by atoms with Crippen LogP contribution in [0, 0.1) is 5.92 Å². The van der Waals surface area contributed by atoms with E-state index in [9.17, 15) is 4.79 Å². The van der Waals surface area contributed by atoms with Gasteiger partial charge in [0.2, 0.25) is 0 Å². The number of methoxy groups -OCH3 is 1. The van der Waals surface area contributed by atoms with Crippen LogP contribution in [0.15, 0.2) is 54.7 Å². The maximum atomic E-state index is 11.5. The first kappa shape index (κ1) is 19.1. The summed E-state index contributed by atoms with van der Waals surface area (Å²) in [4.78, 5) is 13.7. The SMILES string of the molecule is CCOc1ccc(-c2cn(-c3ccc(CN4CC(C(=O)OC)C4)cc3)nn2)cc1. The molecule has 1 aromatic heterocycles. The Morgan fingerprint density at radius 1 is 1.10 bits per heavy atom. The van der Waals surface area contributed by atoms with Crippen LogP contribution in [0.2, 0.25) is 0 Å². The van der Waals surface area contributed by atoms with Gasteiger partial charge in [0.1, 0.15) is 11.4 Å². The lowest BCUT2D eigenvalue weighted by molar-refractivity contribution is -0.151. The predicted molar refractivity (Wildman–Crippen MR) is 109 cm³/mol. The van der Waals surface area contributed by atoms with Crippen molar-refractivity contribution in [3.05, 3.63) is 60.3 Å². The van der Waals surface area contributed by atoms with E-state index in [1.165, 1.54) is 12.7 Å². The van der Waals surface area contributed by atoms with Gasteiger partial charge in [0.15, 0.2) is 0 Å². The van der Waals surface area contributed by atoms with Gasteiger partial charge in [-0.25, -0.2) is 4.68 Å². The van der Waals surface area contributed by atoms with Gasteiger partial charge in [-0.1, -0.05) is 17.3 Å². The molecule has 0 bridgehead atoms. The molecule has 0 atom stereocenters. The molecule has 2 heterocycles. The van der Waals surface area contributed by atoms with Gasteiger partial charge in [0.05, 0.1) is 31.5 Å². The van der Waals surface area contributed by atoms with Gasteiger partial charge in [0.25, 0.3) is 0 Å². The zero-order valence-corrected chi connectivity index (χ0v) is 16.6. The van der Waals surface area contributed by atoms with Crippen LogP contribution in [-0.2, 0) is 16.1 Å². The van der Waals surface area contributed by atoms with E-state index in [1.807, 2.05) is 49.5 Å². The van der Waals surface area contributed by atoms with Crippen LogP contribution in [0.4, 0.5) is 0 Å². The molecule has 1 aliphatic heterocycles. The maximum Gasteiger partial charge on any atom is 0.311 e. The fraction of sp³-hybridized carbons (Fsp3) is 0.318. The highest BCUT2D eigenvalue weighted by Gasteiger charge is 2.33. The van der Waals surface area contributed by atoms with E-state index < -0.39 is 0 Å². The summed E-state index contributed by atoms with van der Waals surface area (Å²) >= 11 is 0. The lowest BCUT2D eigenvalue weighted by Crippen LogP contribution is -2.49. The van der Waals surface area contributed by atoms with Crippen molar-refractivity contribution in [1.29, 1.82) is 0 Å². The average molecular weight is 392 g/mol. The molecule has 0 amide bonds. The Hall–Kier alpha value is -3.19. The molecule has 1 saturated heterocycles. The van der Waals surface area contributed by atoms with Crippen molar-refractivity contribution < 1.29 is 14.3 Å². The summed E-state index contributed by atoms with van der Waals surface area (Å²) in [5, 5.41) is 8.54. The first-order valence-electron chi connectivity index (χ1n) is 9.71. The minimum atomic E-state index is -0.119. The molecule has 7 nitrogen and oxygen atoms in total. The first-order valence-corrected chi connectivity index (χ1v) is 9.71. The molecular formula is C22H24N4O3. The van der Waals surface area contributed by atoms with Crippen molar-refractivity contribution in [2.75, 3.05) is 26.8 Å². The Balaban J connectivity index is 1.38. The number of nitrogens with zero attached hydrogens (tertiary/aromatic N) is 4. The van der Waals surface area contributed by atoms with Crippen LogP contribution in [0.25, 0.3) is 16.9 Å². The number of benzene rings is 2. The number of carbonyl (C=O) groups excluding carboxylic acids is 1. The summed E-state index contributed by atoms with van der Waals surface area (Å²) in [6.45, 7) is 4.94. The van der Waals surface area contributed by atoms with Crippen LogP contribution < -0.4 is 4.74 Å². The van der Waals surface area contributed by atoms with Crippen LogP contribution in [-0.4, -0.2) is 52.7 Å². The Morgan fingerprint density at radius 2 is 1.83 bits per heavy atom. The fourth-order valence-electron chi connectivity index (χ4n) is 3.44. The second-order valence-corrected chi connectivity index (χ2v) is 7.09. The molecule has 7 heteroatoms. The fourth-order valence-corrected chi connectivity index (χ4v) is 3.44. The standard InChI is InChI=1S/C22H24N4O3/c1-3-29-20-10-6-17(7-11-20)21-15-26(24-23-21)19-8-4-16(5-9-19)12-25-13-18(14-25)22(27)28-2/h4-11,15,18H,3,12-14H2,1-2H3. The number of rotatable bonds is 7. The van der Waals surface area contributed by atoms with E-state index in [2.05, 4.69) is 27.3 Å². The lowest BCUT2D eigenvalue weighted by atomic mass is 9.99. The summed E-state index contributed by atoms with van der Waals surface area (Å²) in [5.74, 6) is 0.737. The number of esters is 1. The molecule has 1 fully saturated rings. The van der Waals surface area contributed by atoms with Crippen LogP contribution in [0.5, 0.6) is 5.75 Å². The molecule has 0 spiro atoms. The van der Waals surface area contributed by atoms with Crippen LogP contribution in [0.1, 0.15) is 12.5 Å². The monoisotopic (exact) mass is 392 g/mol. The number of carbonyl (C=O) groups is 1. The average Bonchev–Trinajstić information content (AvgIpc) is 3.21. The molecule has 0 N–H and O–H groups in total. The smallest absolute Gasteiger partial charge is 0.311 e. The van der Waals surface area contributed by atoms with E-state index >= 15 is 0 Å². The first-order chi connectivity index (χ1) is 14.2. The summed E-state index contributed by atoms with van der Waals surface area (Å²) < 4.78 is 12.0. The molecule has 0 radical (unpaired) electrons. The number of hydrogen-bond donors (Lipinski definition) is 0. The summed E-state index contributed by atoms with van der Waals surface area (Å²) in [5.41, 5.74) is 3.96. The van der Waals surface area contributed by atoms with Gasteiger partial charge in [-0.2, -0.15) is 0 Å². The van der Waals surface area contributed by atoms with Gasteiger partial charge in [-0.3, -0.25) is 9.69 Å². The largest absolute Gasteiger partial charge is 0.494 e. The van der Waals surface area contributed by atoms with Gasteiger partial charge in [-0.05, 0) is 48.9 Å². The lowest BCUT2D eigenvalue weighted by Gasteiger charge is -2.37. The predicted octanol–water partition coefficient (Wildman–Crippen LogP) is 2.94. The maximum absolute atomic E-state index is 11.5. The van der Waals surface area contributed by atoms with Crippen LogP contribution in [0.3, 0.4) is 0 Å². The van der Waals surface area contributed by atoms with Crippen molar-refractivity contribution in [2.45, 2.75) is 13.5 Å². The molecule has 3 aromatic rings. The van der Waals surface area contributed by atoms with Gasteiger partial charge < -0.3 is 9.47 Å². The van der Waals surface area contributed by atoms with Crippen molar-refractivity contribution in [3.63, 3.8) is 0 Å². The minimum Gasteiger partial charge on any atom is -0.494 e. The van der Waals surface area contributed by atoms with Gasteiger partial charge in [-0.15, -0.1) is 5.10 Å². The second kappa shape index (κ2) is 8.45. The van der Waals surface area contributed by atoms with E-state index in [0.29, 0.717) is 6.61 Å². The topological polar surface area (TPSA) is 69.5 Å². The summed E-state index contributed by atoms with van der Waals surface area (Å²) in [7, 11) is 1.44. The molecule has 0 aliphatic carbocycles. The van der Waals surface area contributed by atoms with Gasteiger partial charge in [0, 0.05) is 25.2 Å². The third-order valence-electron chi connectivity index (χ3n) is 5.05. The number of aromatic nitrogens is 3. The van der Waals surface area contributed by atoms with Crippen LogP contribution >= 0.6 is 0 Å². The molecule has 0 saturated carbocycles. The van der Waals surface area contributed by atoms with Crippen molar-refractivity contribution >= 4 is 5.97 Å². The minimum absolute atomic E-state index is 0.00967. The highest BCUT2D eigenvalue weighted by molar-refractivity contribution is 5.73. The number of ether oxygens (including phenoxy) is 2. The summed E-state index contributed by atoms with van der Waals surface area (Å²) in [6, 6.07) is 16.1. The van der Waals surface area contributed by atoms with Crippen molar-refractivity contribution in [3.8, 4) is 22.7 Å². The third-order valence-corrected chi connectivity index (χ3v) is 5.05. The van der Waals surface area contributed by atoms with E-state index in [-0.39, 0.29) is 11.9 Å². The normalized spacial score (nSPS) is 14.4. The third kappa shape index (κ3) is 4.30. The Kier molecular flexibility index (Phi) is 5.57. The molecule has 150 valence electrons. The van der Waals surface area contributed by atoms with Crippen molar-refractivity contribution in [1.82, 2.24) is 19.9 Å². The van der Waals surface area contributed by atoms with E-state index in [4.69, 9.17) is 9.47 Å². The molecule has 4 rings (SSSR count). The van der Waals surface area contributed by atoms with Crippen molar-refractivity contribution in [2.24, 2.45) is 5.92 Å². The Labute approximate surface area is 169 Å². The molecule has 0 unspecified atom stereocenters.